The molecule has 0 aliphatic rings. The van der Waals surface area contributed by atoms with E-state index in [1.54, 1.807) is 18.3 Å². The number of aromatic amines is 1. The van der Waals surface area contributed by atoms with Crippen LogP contribution < -0.4 is 11.2 Å². The minimum absolute atomic E-state index is 0.147. The molecule has 2 heterocycles. The summed E-state index contributed by atoms with van der Waals surface area (Å²) < 4.78 is 1.06. The highest BCUT2D eigenvalue weighted by Gasteiger charge is 2.13. The summed E-state index contributed by atoms with van der Waals surface area (Å²) in [5.41, 5.74) is 0.175. The zero-order chi connectivity index (χ0) is 17.6. The number of nitrogens with zero attached hydrogens (tertiary/aromatic N) is 2. The summed E-state index contributed by atoms with van der Waals surface area (Å²) in [7, 11) is 0. The van der Waals surface area contributed by atoms with E-state index in [1.165, 1.54) is 19.2 Å². The molecule has 6 nitrogen and oxygen atoms in total. The fourth-order valence-electron chi connectivity index (χ4n) is 2.93. The monoisotopic (exact) mass is 331 g/mol. The molecule has 0 radical (unpaired) electrons. The Labute approximate surface area is 141 Å². The Morgan fingerprint density at radius 3 is 2.64 bits per heavy atom. The summed E-state index contributed by atoms with van der Waals surface area (Å²) in [5, 5.41) is 1.84. The third-order valence-electron chi connectivity index (χ3n) is 4.19. The first-order chi connectivity index (χ1) is 12.1. The third kappa shape index (κ3) is 2.35. The third-order valence-corrected chi connectivity index (χ3v) is 4.19. The van der Waals surface area contributed by atoms with Crippen LogP contribution in [0.5, 0.6) is 0 Å². The predicted molar refractivity (Wildman–Crippen MR) is 95.5 cm³/mol. The highest BCUT2D eigenvalue weighted by atomic mass is 16.2. The first-order valence-corrected chi connectivity index (χ1v) is 7.69. The number of ketones is 1. The SMILES string of the molecule is CC(=O)c1ccc2[nH]c(=O)n(-c3cncc4ccccc34)c(=O)c2c1. The van der Waals surface area contributed by atoms with Crippen molar-refractivity contribution in [3.63, 3.8) is 0 Å². The van der Waals surface area contributed by atoms with Crippen LogP contribution in [0.4, 0.5) is 0 Å². The molecular weight excluding hydrogens is 318 g/mol. The summed E-state index contributed by atoms with van der Waals surface area (Å²) in [6.07, 6.45) is 3.16. The second kappa shape index (κ2) is 5.52. The number of H-pyrrole nitrogens is 1. The number of hydrogen-bond acceptors (Lipinski definition) is 4. The van der Waals surface area contributed by atoms with Crippen LogP contribution in [0, 0.1) is 0 Å². The van der Waals surface area contributed by atoms with Gasteiger partial charge in [0.25, 0.3) is 5.56 Å². The number of hydrogen-bond donors (Lipinski definition) is 1. The lowest BCUT2D eigenvalue weighted by Crippen LogP contribution is -2.33. The molecular formula is C19H13N3O3. The van der Waals surface area contributed by atoms with Crippen molar-refractivity contribution in [2.45, 2.75) is 6.92 Å². The molecule has 0 aliphatic carbocycles. The zero-order valence-electron chi connectivity index (χ0n) is 13.3. The highest BCUT2D eigenvalue weighted by Crippen LogP contribution is 2.19. The number of rotatable bonds is 2. The smallest absolute Gasteiger partial charge is 0.306 e. The van der Waals surface area contributed by atoms with Crippen molar-refractivity contribution in [3.8, 4) is 5.69 Å². The molecule has 0 aliphatic heterocycles. The molecule has 0 spiro atoms. The second-order valence-electron chi connectivity index (χ2n) is 5.77. The van der Waals surface area contributed by atoms with Gasteiger partial charge in [-0.15, -0.1) is 0 Å². The lowest BCUT2D eigenvalue weighted by Gasteiger charge is -2.09. The maximum Gasteiger partial charge on any atom is 0.333 e. The molecule has 4 rings (SSSR count). The number of carbonyl (C=O) groups is 1. The van der Waals surface area contributed by atoms with Crippen LogP contribution in [0.15, 0.2) is 64.4 Å². The largest absolute Gasteiger partial charge is 0.333 e. The number of pyridine rings is 1. The second-order valence-corrected chi connectivity index (χ2v) is 5.77. The molecule has 122 valence electrons. The zero-order valence-corrected chi connectivity index (χ0v) is 13.3. The molecule has 0 atom stereocenters. The molecule has 25 heavy (non-hydrogen) atoms. The van der Waals surface area contributed by atoms with E-state index in [0.717, 1.165) is 15.3 Å². The van der Waals surface area contributed by atoms with Crippen LogP contribution in [0.25, 0.3) is 27.4 Å². The molecule has 0 bridgehead atoms. The summed E-state index contributed by atoms with van der Waals surface area (Å²) >= 11 is 0. The Balaban J connectivity index is 2.13. The van der Waals surface area contributed by atoms with Crippen LogP contribution in [0.2, 0.25) is 0 Å². The lowest BCUT2D eigenvalue weighted by atomic mass is 10.1. The first kappa shape index (κ1) is 15.0. The minimum atomic E-state index is -0.550. The van der Waals surface area contributed by atoms with Gasteiger partial charge in [0.2, 0.25) is 0 Å². The summed E-state index contributed by atoms with van der Waals surface area (Å²) in [4.78, 5) is 43.9. The predicted octanol–water partition coefficient (Wildman–Crippen LogP) is 2.43. The van der Waals surface area contributed by atoms with E-state index in [9.17, 15) is 14.4 Å². The molecule has 6 heteroatoms. The number of benzene rings is 2. The Bertz CT molecular complexity index is 1260. The van der Waals surface area contributed by atoms with E-state index in [2.05, 4.69) is 9.97 Å². The molecule has 0 unspecified atom stereocenters. The van der Waals surface area contributed by atoms with Gasteiger partial charge in [-0.05, 0) is 25.1 Å². The van der Waals surface area contributed by atoms with Crippen molar-refractivity contribution in [3.05, 3.63) is 81.3 Å². The van der Waals surface area contributed by atoms with Gasteiger partial charge in [-0.1, -0.05) is 24.3 Å². The molecule has 1 N–H and O–H groups in total. The number of carbonyl (C=O) groups excluding carboxylic acids is 1. The van der Waals surface area contributed by atoms with Crippen LogP contribution in [0.1, 0.15) is 17.3 Å². The van der Waals surface area contributed by atoms with E-state index in [0.29, 0.717) is 16.8 Å². The normalized spacial score (nSPS) is 11.1. The van der Waals surface area contributed by atoms with Gasteiger partial charge in [0.15, 0.2) is 5.78 Å². The summed E-state index contributed by atoms with van der Waals surface area (Å²) in [6, 6.07) is 12.0. The number of aromatic nitrogens is 3. The van der Waals surface area contributed by atoms with Crippen molar-refractivity contribution in [1.29, 1.82) is 0 Å². The average Bonchev–Trinajstić information content (AvgIpc) is 2.61. The van der Waals surface area contributed by atoms with Crippen molar-refractivity contribution < 1.29 is 4.79 Å². The Kier molecular flexibility index (Phi) is 3.32. The summed E-state index contributed by atoms with van der Waals surface area (Å²) in [6.45, 7) is 1.43. The molecule has 0 saturated heterocycles. The Hall–Kier alpha value is -3.54. The van der Waals surface area contributed by atoms with E-state index >= 15 is 0 Å². The van der Waals surface area contributed by atoms with Crippen molar-refractivity contribution in [2.75, 3.05) is 0 Å². The van der Waals surface area contributed by atoms with Gasteiger partial charge in [-0.2, -0.15) is 0 Å². The van der Waals surface area contributed by atoms with Gasteiger partial charge in [0.05, 0.1) is 22.8 Å². The Morgan fingerprint density at radius 1 is 1.04 bits per heavy atom. The highest BCUT2D eigenvalue weighted by molar-refractivity contribution is 5.97. The quantitative estimate of drug-likeness (QED) is 0.572. The van der Waals surface area contributed by atoms with Gasteiger partial charge in [0.1, 0.15) is 0 Å². The molecule has 2 aromatic carbocycles. The molecule has 0 amide bonds. The van der Waals surface area contributed by atoms with Crippen LogP contribution in [-0.4, -0.2) is 20.3 Å². The van der Waals surface area contributed by atoms with E-state index in [1.807, 2.05) is 24.3 Å². The first-order valence-electron chi connectivity index (χ1n) is 7.69. The molecule has 0 saturated carbocycles. The fourth-order valence-corrected chi connectivity index (χ4v) is 2.93. The van der Waals surface area contributed by atoms with Crippen LogP contribution >= 0.6 is 0 Å². The topological polar surface area (TPSA) is 84.8 Å². The van der Waals surface area contributed by atoms with Crippen LogP contribution in [-0.2, 0) is 0 Å². The maximum absolute atomic E-state index is 13.0. The van der Waals surface area contributed by atoms with Gasteiger partial charge in [0, 0.05) is 22.5 Å². The van der Waals surface area contributed by atoms with Crippen molar-refractivity contribution in [1.82, 2.24) is 14.5 Å². The number of fused-ring (bicyclic) bond motifs is 2. The average molecular weight is 331 g/mol. The fraction of sp³-hybridized carbons (Fsp3) is 0.0526. The van der Waals surface area contributed by atoms with Gasteiger partial charge >= 0.3 is 5.69 Å². The van der Waals surface area contributed by atoms with Gasteiger partial charge < -0.3 is 4.98 Å². The molecule has 0 fully saturated rings. The lowest BCUT2D eigenvalue weighted by molar-refractivity contribution is 0.101. The van der Waals surface area contributed by atoms with Crippen molar-refractivity contribution >= 4 is 27.5 Å². The molecule has 4 aromatic rings. The van der Waals surface area contributed by atoms with E-state index < -0.39 is 11.2 Å². The minimum Gasteiger partial charge on any atom is -0.306 e. The van der Waals surface area contributed by atoms with Gasteiger partial charge in [-0.3, -0.25) is 14.6 Å². The van der Waals surface area contributed by atoms with Crippen molar-refractivity contribution in [2.24, 2.45) is 0 Å². The van der Waals surface area contributed by atoms with Gasteiger partial charge in [-0.25, -0.2) is 9.36 Å². The number of Topliss-reactive ketones (excluding diaryl/α,β-unsaturated/α-hetero) is 1. The molecule has 2 aromatic heterocycles. The Morgan fingerprint density at radius 2 is 1.84 bits per heavy atom. The maximum atomic E-state index is 13.0. The standard InChI is InChI=1S/C19H13N3O3/c1-11(23)12-6-7-16-15(8-12)18(24)22(19(25)21-16)17-10-20-9-13-4-2-3-5-14(13)17/h2-10H,1H3,(H,21,25). The van der Waals surface area contributed by atoms with Crippen LogP contribution in [0.3, 0.4) is 0 Å². The van der Waals surface area contributed by atoms with E-state index in [-0.39, 0.29) is 11.2 Å². The summed E-state index contributed by atoms with van der Waals surface area (Å²) in [5.74, 6) is -0.147. The number of nitrogens with one attached hydrogen (secondary N) is 1. The van der Waals surface area contributed by atoms with E-state index in [4.69, 9.17) is 0 Å².